The Bertz CT molecular complexity index is 317. The Kier molecular flexibility index (Phi) is 2.79. The minimum Gasteiger partial charge on any atom is -0.347 e. The SMILES string of the molecule is CNS(=O)(=O)NCc1ncc[nH]1. The number of hydrogen-bond donors (Lipinski definition) is 3. The molecule has 0 aliphatic carbocycles. The molecule has 0 radical (unpaired) electrons. The zero-order valence-electron chi connectivity index (χ0n) is 6.53. The molecular weight excluding hydrogens is 180 g/mol. The lowest BCUT2D eigenvalue weighted by Crippen LogP contribution is -2.33. The highest BCUT2D eigenvalue weighted by molar-refractivity contribution is 7.87. The number of nitrogens with zero attached hydrogens (tertiary/aromatic N) is 1. The Morgan fingerprint density at radius 3 is 2.92 bits per heavy atom. The summed E-state index contributed by atoms with van der Waals surface area (Å²) < 4.78 is 26.1. The van der Waals surface area contributed by atoms with Gasteiger partial charge in [-0.25, -0.2) is 9.71 Å². The van der Waals surface area contributed by atoms with Crippen LogP contribution in [-0.4, -0.2) is 25.4 Å². The van der Waals surface area contributed by atoms with E-state index in [1.54, 1.807) is 12.4 Å². The lowest BCUT2D eigenvalue weighted by Gasteiger charge is -2.01. The fourth-order valence-electron chi connectivity index (χ4n) is 0.630. The zero-order chi connectivity index (χ0) is 9.03. The molecule has 1 heterocycles. The van der Waals surface area contributed by atoms with Crippen molar-refractivity contribution < 1.29 is 8.42 Å². The van der Waals surface area contributed by atoms with E-state index in [-0.39, 0.29) is 6.54 Å². The van der Waals surface area contributed by atoms with Gasteiger partial charge < -0.3 is 4.98 Å². The summed E-state index contributed by atoms with van der Waals surface area (Å²) in [6.07, 6.45) is 3.19. The predicted octanol–water partition coefficient (Wildman–Crippen LogP) is -1.04. The monoisotopic (exact) mass is 190 g/mol. The molecule has 68 valence electrons. The van der Waals surface area contributed by atoms with Gasteiger partial charge in [-0.15, -0.1) is 0 Å². The number of aromatic nitrogens is 2. The normalized spacial score (nSPS) is 11.8. The molecular formula is C5H10N4O2S. The highest BCUT2D eigenvalue weighted by atomic mass is 32.2. The van der Waals surface area contributed by atoms with Crippen LogP contribution in [0.5, 0.6) is 0 Å². The van der Waals surface area contributed by atoms with Crippen molar-refractivity contribution in [2.24, 2.45) is 0 Å². The fraction of sp³-hybridized carbons (Fsp3) is 0.400. The minimum atomic E-state index is -3.36. The summed E-state index contributed by atoms with van der Waals surface area (Å²) in [7, 11) is -2.02. The number of H-pyrrole nitrogens is 1. The first-order chi connectivity index (χ1) is 5.64. The summed E-state index contributed by atoms with van der Waals surface area (Å²) in [5.74, 6) is 0.578. The van der Waals surface area contributed by atoms with Crippen molar-refractivity contribution in [2.45, 2.75) is 6.54 Å². The highest BCUT2D eigenvalue weighted by Gasteiger charge is 2.05. The Hall–Kier alpha value is -0.920. The molecule has 1 rings (SSSR count). The van der Waals surface area contributed by atoms with Crippen LogP contribution in [0.1, 0.15) is 5.82 Å². The molecule has 0 spiro atoms. The van der Waals surface area contributed by atoms with Gasteiger partial charge in [0, 0.05) is 19.4 Å². The predicted molar refractivity (Wildman–Crippen MR) is 43.4 cm³/mol. The Balaban J connectivity index is 2.47. The summed E-state index contributed by atoms with van der Waals surface area (Å²) >= 11 is 0. The van der Waals surface area contributed by atoms with Crippen molar-refractivity contribution in [3.8, 4) is 0 Å². The standard InChI is InChI=1S/C5H10N4O2S/c1-6-12(10,11)9-4-5-7-2-3-8-5/h2-3,6,9H,4H2,1H3,(H,7,8). The summed E-state index contributed by atoms with van der Waals surface area (Å²) in [6, 6.07) is 0. The van der Waals surface area contributed by atoms with E-state index in [9.17, 15) is 8.42 Å². The van der Waals surface area contributed by atoms with Crippen LogP contribution in [-0.2, 0) is 16.8 Å². The number of imidazole rings is 1. The van der Waals surface area contributed by atoms with E-state index in [1.165, 1.54) is 7.05 Å². The van der Waals surface area contributed by atoms with Crippen LogP contribution in [0.15, 0.2) is 12.4 Å². The summed E-state index contributed by atoms with van der Waals surface area (Å²) in [6.45, 7) is 0.163. The summed E-state index contributed by atoms with van der Waals surface area (Å²) in [5.41, 5.74) is 0. The average Bonchev–Trinajstić information content (AvgIpc) is 2.53. The molecule has 6 nitrogen and oxygen atoms in total. The quantitative estimate of drug-likeness (QED) is 0.567. The van der Waals surface area contributed by atoms with Crippen LogP contribution in [0.3, 0.4) is 0 Å². The third kappa shape index (κ3) is 2.61. The topological polar surface area (TPSA) is 86.9 Å². The highest BCUT2D eigenvalue weighted by Crippen LogP contribution is 1.87. The number of rotatable bonds is 4. The van der Waals surface area contributed by atoms with E-state index in [2.05, 4.69) is 19.4 Å². The third-order valence-corrected chi connectivity index (χ3v) is 2.32. The maximum absolute atomic E-state index is 10.8. The van der Waals surface area contributed by atoms with Crippen molar-refractivity contribution >= 4 is 10.2 Å². The molecule has 1 aromatic heterocycles. The fourth-order valence-corrected chi connectivity index (χ4v) is 1.10. The van der Waals surface area contributed by atoms with E-state index in [1.807, 2.05) is 0 Å². The van der Waals surface area contributed by atoms with E-state index >= 15 is 0 Å². The molecule has 7 heteroatoms. The Morgan fingerprint density at radius 2 is 2.42 bits per heavy atom. The maximum atomic E-state index is 10.8. The molecule has 0 aliphatic rings. The van der Waals surface area contributed by atoms with Crippen molar-refractivity contribution in [1.29, 1.82) is 0 Å². The van der Waals surface area contributed by atoms with Crippen molar-refractivity contribution in [3.63, 3.8) is 0 Å². The first kappa shape index (κ1) is 9.17. The van der Waals surface area contributed by atoms with E-state index in [0.717, 1.165) is 0 Å². The van der Waals surface area contributed by atoms with Gasteiger partial charge in [0.2, 0.25) is 0 Å². The van der Waals surface area contributed by atoms with Crippen LogP contribution in [0.4, 0.5) is 0 Å². The molecule has 0 saturated heterocycles. The Labute approximate surface area is 70.6 Å². The van der Waals surface area contributed by atoms with Crippen molar-refractivity contribution in [3.05, 3.63) is 18.2 Å². The molecule has 0 bridgehead atoms. The molecule has 0 saturated carbocycles. The lowest BCUT2D eigenvalue weighted by atomic mass is 10.6. The maximum Gasteiger partial charge on any atom is 0.277 e. The molecule has 0 aliphatic heterocycles. The van der Waals surface area contributed by atoms with Crippen molar-refractivity contribution in [1.82, 2.24) is 19.4 Å². The van der Waals surface area contributed by atoms with Gasteiger partial charge in [0.1, 0.15) is 5.82 Å². The van der Waals surface area contributed by atoms with Gasteiger partial charge >= 0.3 is 0 Å². The Morgan fingerprint density at radius 1 is 1.67 bits per heavy atom. The molecule has 0 amide bonds. The second-order valence-corrected chi connectivity index (χ2v) is 3.77. The van der Waals surface area contributed by atoms with E-state index < -0.39 is 10.2 Å². The zero-order valence-corrected chi connectivity index (χ0v) is 7.35. The smallest absolute Gasteiger partial charge is 0.277 e. The van der Waals surface area contributed by atoms with Crippen molar-refractivity contribution in [2.75, 3.05) is 7.05 Å². The van der Waals surface area contributed by atoms with Gasteiger partial charge in [0.05, 0.1) is 6.54 Å². The van der Waals surface area contributed by atoms with Crippen LogP contribution >= 0.6 is 0 Å². The van der Waals surface area contributed by atoms with Gasteiger partial charge in [0.25, 0.3) is 10.2 Å². The van der Waals surface area contributed by atoms with Crippen LogP contribution < -0.4 is 9.44 Å². The molecule has 3 N–H and O–H groups in total. The second kappa shape index (κ2) is 3.65. The third-order valence-electron chi connectivity index (χ3n) is 1.25. The summed E-state index contributed by atoms with van der Waals surface area (Å²) in [5, 5.41) is 0. The van der Waals surface area contributed by atoms with E-state index in [4.69, 9.17) is 0 Å². The lowest BCUT2D eigenvalue weighted by molar-refractivity contribution is 0.571. The van der Waals surface area contributed by atoms with Gasteiger partial charge in [-0.1, -0.05) is 0 Å². The number of nitrogens with one attached hydrogen (secondary N) is 3. The van der Waals surface area contributed by atoms with Crippen LogP contribution in [0.2, 0.25) is 0 Å². The average molecular weight is 190 g/mol. The van der Waals surface area contributed by atoms with Crippen LogP contribution in [0, 0.1) is 0 Å². The van der Waals surface area contributed by atoms with Gasteiger partial charge in [-0.2, -0.15) is 13.1 Å². The summed E-state index contributed by atoms with van der Waals surface area (Å²) in [4.78, 5) is 6.61. The molecule has 0 atom stereocenters. The van der Waals surface area contributed by atoms with Gasteiger partial charge in [-0.05, 0) is 0 Å². The number of hydrogen-bond acceptors (Lipinski definition) is 3. The molecule has 0 aromatic carbocycles. The molecule has 0 unspecified atom stereocenters. The van der Waals surface area contributed by atoms with E-state index in [0.29, 0.717) is 5.82 Å². The van der Waals surface area contributed by atoms with Gasteiger partial charge in [0.15, 0.2) is 0 Å². The molecule has 0 fully saturated rings. The first-order valence-corrected chi connectivity index (χ1v) is 4.79. The van der Waals surface area contributed by atoms with Crippen LogP contribution in [0.25, 0.3) is 0 Å². The largest absolute Gasteiger partial charge is 0.347 e. The van der Waals surface area contributed by atoms with Gasteiger partial charge in [-0.3, -0.25) is 0 Å². The molecule has 12 heavy (non-hydrogen) atoms. The molecule has 1 aromatic rings. The minimum absolute atomic E-state index is 0.163. The second-order valence-electron chi connectivity index (χ2n) is 2.06. The number of aromatic amines is 1. The first-order valence-electron chi connectivity index (χ1n) is 3.30.